The third-order valence-electron chi connectivity index (χ3n) is 3.75. The molecular formula is C16H20N2OS2. The summed E-state index contributed by atoms with van der Waals surface area (Å²) >= 11 is 0. The van der Waals surface area contributed by atoms with Crippen molar-refractivity contribution in [1.29, 1.82) is 0 Å². The largest absolute Gasteiger partial charge is 0.361 e. The Kier molecular flexibility index (Phi) is 5.14. The van der Waals surface area contributed by atoms with Gasteiger partial charge in [0.2, 0.25) is 5.91 Å². The number of hydrogen-bond donors (Lipinski definition) is 2. The van der Waals surface area contributed by atoms with Crippen LogP contribution in [-0.4, -0.2) is 21.9 Å². The van der Waals surface area contributed by atoms with Crippen LogP contribution in [-0.2, 0) is 4.79 Å². The molecule has 0 bridgehead atoms. The first-order valence-electron chi connectivity index (χ1n) is 7.46. The number of hydrogen-bond acceptors (Lipinski definition) is 3. The smallest absolute Gasteiger partial charge is 0.224 e. The van der Waals surface area contributed by atoms with Crippen molar-refractivity contribution in [2.24, 2.45) is 0 Å². The van der Waals surface area contributed by atoms with Gasteiger partial charge >= 0.3 is 0 Å². The van der Waals surface area contributed by atoms with Crippen LogP contribution in [0.4, 0.5) is 5.69 Å². The minimum atomic E-state index is 0.120. The summed E-state index contributed by atoms with van der Waals surface area (Å²) in [4.78, 5) is 15.1. The molecule has 21 heavy (non-hydrogen) atoms. The van der Waals surface area contributed by atoms with Gasteiger partial charge in [-0.15, -0.1) is 0 Å². The van der Waals surface area contributed by atoms with Gasteiger partial charge in [-0.25, -0.2) is 0 Å². The van der Waals surface area contributed by atoms with Crippen LogP contribution in [0, 0.1) is 0 Å². The van der Waals surface area contributed by atoms with Gasteiger partial charge in [0, 0.05) is 34.8 Å². The number of fused-ring (bicyclic) bond motifs is 1. The maximum absolute atomic E-state index is 12.0. The predicted molar refractivity (Wildman–Crippen MR) is 93.9 cm³/mol. The highest BCUT2D eigenvalue weighted by Gasteiger charge is 2.15. The van der Waals surface area contributed by atoms with E-state index < -0.39 is 0 Å². The second-order valence-corrected chi connectivity index (χ2v) is 8.19. The Labute approximate surface area is 133 Å². The number of anilines is 1. The fourth-order valence-corrected chi connectivity index (χ4v) is 5.60. The Hall–Kier alpha value is -1.07. The lowest BCUT2D eigenvalue weighted by molar-refractivity contribution is -0.116. The first kappa shape index (κ1) is 14.9. The van der Waals surface area contributed by atoms with Gasteiger partial charge in [-0.3, -0.25) is 4.79 Å². The van der Waals surface area contributed by atoms with Crippen molar-refractivity contribution < 1.29 is 4.79 Å². The molecule has 1 aromatic heterocycles. The van der Waals surface area contributed by atoms with E-state index in [1.54, 1.807) is 0 Å². The van der Waals surface area contributed by atoms with Crippen molar-refractivity contribution in [3.05, 3.63) is 30.5 Å². The standard InChI is InChI=1S/C16H20N2OS2/c19-16(4-2-1-3-14-8-10-20-21-14)18-13-6-5-12-7-9-17-15(12)11-13/h5-7,9,11,14,17H,1-4,8,10H2,(H,18,19)/t14-/m1/s1. The van der Waals surface area contributed by atoms with Gasteiger partial charge in [-0.1, -0.05) is 34.1 Å². The first-order chi connectivity index (χ1) is 10.3. The Morgan fingerprint density at radius 1 is 1.33 bits per heavy atom. The first-order valence-corrected chi connectivity index (χ1v) is 9.85. The Morgan fingerprint density at radius 2 is 2.29 bits per heavy atom. The highest BCUT2D eigenvalue weighted by Crippen LogP contribution is 2.39. The van der Waals surface area contributed by atoms with E-state index in [1.807, 2.05) is 52.1 Å². The molecule has 0 aliphatic carbocycles. The maximum atomic E-state index is 12.0. The number of nitrogens with one attached hydrogen (secondary N) is 2. The number of aromatic amines is 1. The fraction of sp³-hybridized carbons (Fsp3) is 0.438. The van der Waals surface area contributed by atoms with Crippen molar-refractivity contribution >= 4 is 44.1 Å². The molecule has 1 aliphatic heterocycles. The Balaban J connectivity index is 1.40. The quantitative estimate of drug-likeness (QED) is 0.592. The zero-order valence-electron chi connectivity index (χ0n) is 11.9. The molecule has 5 heteroatoms. The van der Waals surface area contributed by atoms with E-state index in [-0.39, 0.29) is 5.91 Å². The molecule has 3 nitrogen and oxygen atoms in total. The molecule has 0 saturated carbocycles. The van der Waals surface area contributed by atoms with E-state index >= 15 is 0 Å². The van der Waals surface area contributed by atoms with Crippen LogP contribution in [0.15, 0.2) is 30.5 Å². The van der Waals surface area contributed by atoms with E-state index in [0.29, 0.717) is 6.42 Å². The predicted octanol–water partition coefficient (Wildman–Crippen LogP) is 4.82. The lowest BCUT2D eigenvalue weighted by Crippen LogP contribution is -2.11. The molecule has 0 spiro atoms. The second-order valence-electron chi connectivity index (χ2n) is 5.40. The number of amides is 1. The molecule has 3 rings (SSSR count). The third-order valence-corrected chi connectivity index (χ3v) is 6.75. The van der Waals surface area contributed by atoms with Gasteiger partial charge < -0.3 is 10.3 Å². The van der Waals surface area contributed by atoms with Crippen LogP contribution in [0.3, 0.4) is 0 Å². The minimum Gasteiger partial charge on any atom is -0.361 e. The highest BCUT2D eigenvalue weighted by atomic mass is 33.1. The second kappa shape index (κ2) is 7.27. The number of rotatable bonds is 6. The van der Waals surface area contributed by atoms with E-state index in [9.17, 15) is 4.79 Å². The lowest BCUT2D eigenvalue weighted by atomic mass is 10.1. The number of aromatic nitrogens is 1. The van der Waals surface area contributed by atoms with Crippen molar-refractivity contribution in [2.75, 3.05) is 11.1 Å². The highest BCUT2D eigenvalue weighted by molar-refractivity contribution is 8.77. The monoisotopic (exact) mass is 320 g/mol. The zero-order chi connectivity index (χ0) is 14.5. The molecule has 0 radical (unpaired) electrons. The molecule has 2 heterocycles. The van der Waals surface area contributed by atoms with Gasteiger partial charge in [0.15, 0.2) is 0 Å². The summed E-state index contributed by atoms with van der Waals surface area (Å²) in [5.41, 5.74) is 1.93. The number of H-pyrrole nitrogens is 1. The van der Waals surface area contributed by atoms with Crippen molar-refractivity contribution in [1.82, 2.24) is 4.98 Å². The van der Waals surface area contributed by atoms with Crippen LogP contribution < -0.4 is 5.32 Å². The lowest BCUT2D eigenvalue weighted by Gasteiger charge is -2.07. The molecule has 1 fully saturated rings. The molecule has 1 aliphatic rings. The molecule has 112 valence electrons. The summed E-state index contributed by atoms with van der Waals surface area (Å²) in [7, 11) is 4.00. The average molecular weight is 320 g/mol. The van der Waals surface area contributed by atoms with Gasteiger partial charge in [-0.2, -0.15) is 0 Å². The topological polar surface area (TPSA) is 44.9 Å². The van der Waals surface area contributed by atoms with Crippen LogP contribution in [0.25, 0.3) is 10.9 Å². The summed E-state index contributed by atoms with van der Waals surface area (Å²) in [5.74, 6) is 1.41. The normalized spacial score (nSPS) is 18.2. The SMILES string of the molecule is O=C(CCCC[C@@H]1CCSS1)Nc1ccc2cc[nH]c2c1. The van der Waals surface area contributed by atoms with E-state index in [1.165, 1.54) is 24.0 Å². The number of unbranched alkanes of at least 4 members (excludes halogenated alkanes) is 1. The van der Waals surface area contributed by atoms with Crippen molar-refractivity contribution in [3.8, 4) is 0 Å². The summed E-state index contributed by atoms with van der Waals surface area (Å²) < 4.78 is 0. The van der Waals surface area contributed by atoms with E-state index in [0.717, 1.165) is 29.3 Å². The molecule has 0 unspecified atom stereocenters. The minimum absolute atomic E-state index is 0.120. The van der Waals surface area contributed by atoms with Crippen molar-refractivity contribution in [3.63, 3.8) is 0 Å². The van der Waals surface area contributed by atoms with Crippen LogP contribution in [0.5, 0.6) is 0 Å². The summed E-state index contributed by atoms with van der Waals surface area (Å²) in [6, 6.07) is 8.00. The number of carbonyl (C=O) groups is 1. The number of benzene rings is 1. The summed E-state index contributed by atoms with van der Waals surface area (Å²) in [6.45, 7) is 0. The van der Waals surface area contributed by atoms with Gasteiger partial charge in [-0.05, 0) is 42.8 Å². The molecular weight excluding hydrogens is 300 g/mol. The number of carbonyl (C=O) groups excluding carboxylic acids is 1. The molecule has 2 N–H and O–H groups in total. The van der Waals surface area contributed by atoms with Gasteiger partial charge in [0.1, 0.15) is 0 Å². The van der Waals surface area contributed by atoms with Crippen LogP contribution in [0.1, 0.15) is 32.1 Å². The zero-order valence-corrected chi connectivity index (χ0v) is 13.6. The summed E-state index contributed by atoms with van der Waals surface area (Å²) in [5, 5.41) is 4.96. The molecule has 2 aromatic rings. The molecule has 1 saturated heterocycles. The fourth-order valence-electron chi connectivity index (χ4n) is 2.57. The van der Waals surface area contributed by atoms with Crippen LogP contribution >= 0.6 is 21.6 Å². The maximum Gasteiger partial charge on any atom is 0.224 e. The molecule has 1 atom stereocenters. The van der Waals surface area contributed by atoms with E-state index in [2.05, 4.69) is 10.3 Å². The molecule has 1 amide bonds. The average Bonchev–Trinajstić information content (AvgIpc) is 3.14. The van der Waals surface area contributed by atoms with Crippen molar-refractivity contribution in [2.45, 2.75) is 37.4 Å². The van der Waals surface area contributed by atoms with Crippen LogP contribution in [0.2, 0.25) is 0 Å². The Bertz CT molecular complexity index is 605. The Morgan fingerprint density at radius 3 is 3.14 bits per heavy atom. The molecule has 1 aromatic carbocycles. The third kappa shape index (κ3) is 4.20. The van der Waals surface area contributed by atoms with E-state index in [4.69, 9.17) is 0 Å². The summed E-state index contributed by atoms with van der Waals surface area (Å²) in [6.07, 6.45) is 7.25. The van der Waals surface area contributed by atoms with Gasteiger partial charge in [0.25, 0.3) is 0 Å². The van der Waals surface area contributed by atoms with Gasteiger partial charge in [0.05, 0.1) is 0 Å².